The molecular formula is C13H14ClN3O. The lowest BCUT2D eigenvalue weighted by Crippen LogP contribution is -2.12. The first-order valence-electron chi connectivity index (χ1n) is 5.72. The van der Waals surface area contributed by atoms with E-state index in [9.17, 15) is 0 Å². The maximum absolute atomic E-state index is 5.85. The summed E-state index contributed by atoms with van der Waals surface area (Å²) in [6, 6.07) is 5.42. The van der Waals surface area contributed by atoms with E-state index in [0.29, 0.717) is 10.8 Å². The van der Waals surface area contributed by atoms with Crippen LogP contribution in [0.15, 0.2) is 36.8 Å². The Balaban J connectivity index is 2.09. The molecule has 0 spiro atoms. The molecule has 18 heavy (non-hydrogen) atoms. The molecule has 0 aromatic carbocycles. The van der Waals surface area contributed by atoms with Crippen LogP contribution in [0.25, 0.3) is 0 Å². The van der Waals surface area contributed by atoms with E-state index in [0.717, 1.165) is 24.5 Å². The van der Waals surface area contributed by atoms with E-state index in [1.165, 1.54) is 0 Å². The van der Waals surface area contributed by atoms with Gasteiger partial charge in [0.15, 0.2) is 0 Å². The van der Waals surface area contributed by atoms with Crippen LogP contribution in [-0.2, 0) is 6.54 Å². The summed E-state index contributed by atoms with van der Waals surface area (Å²) in [6.45, 7) is 3.68. The summed E-state index contributed by atoms with van der Waals surface area (Å²) in [4.78, 5) is 8.22. The van der Waals surface area contributed by atoms with Gasteiger partial charge in [0.1, 0.15) is 11.5 Å². The van der Waals surface area contributed by atoms with Gasteiger partial charge in [-0.25, -0.2) is 0 Å². The second-order valence-corrected chi connectivity index (χ2v) is 4.14. The fourth-order valence-electron chi connectivity index (χ4n) is 1.45. The van der Waals surface area contributed by atoms with Crippen LogP contribution in [0.5, 0.6) is 11.5 Å². The van der Waals surface area contributed by atoms with Crippen molar-refractivity contribution in [1.82, 2.24) is 15.3 Å². The molecule has 5 heteroatoms. The zero-order valence-electron chi connectivity index (χ0n) is 10.1. The molecule has 0 amide bonds. The predicted molar refractivity (Wildman–Crippen MR) is 70.9 cm³/mol. The van der Waals surface area contributed by atoms with Gasteiger partial charge < -0.3 is 10.1 Å². The predicted octanol–water partition coefficient (Wildman–Crippen LogP) is 3.03. The molecule has 0 aliphatic rings. The van der Waals surface area contributed by atoms with Crippen molar-refractivity contribution in [2.24, 2.45) is 0 Å². The monoisotopic (exact) mass is 263 g/mol. The normalized spacial score (nSPS) is 10.3. The lowest BCUT2D eigenvalue weighted by molar-refractivity contribution is 0.478. The van der Waals surface area contributed by atoms with Gasteiger partial charge in [-0.1, -0.05) is 18.5 Å². The van der Waals surface area contributed by atoms with Gasteiger partial charge in [-0.2, -0.15) is 0 Å². The summed E-state index contributed by atoms with van der Waals surface area (Å²) in [6.07, 6.45) is 4.91. The number of nitrogens with zero attached hydrogens (tertiary/aromatic N) is 2. The van der Waals surface area contributed by atoms with Crippen molar-refractivity contribution in [2.75, 3.05) is 6.54 Å². The molecule has 0 bridgehead atoms. The van der Waals surface area contributed by atoms with Crippen molar-refractivity contribution in [3.05, 3.63) is 47.5 Å². The Bertz CT molecular complexity index is 519. The smallest absolute Gasteiger partial charge is 0.147 e. The molecule has 1 N–H and O–H groups in total. The highest BCUT2D eigenvalue weighted by Gasteiger charge is 2.01. The highest BCUT2D eigenvalue weighted by atomic mass is 35.5. The van der Waals surface area contributed by atoms with E-state index in [2.05, 4.69) is 22.2 Å². The molecule has 4 nitrogen and oxygen atoms in total. The standard InChI is InChI=1S/C13H14ClN3O/c1-2-15-8-11-6-12(3-4-17-11)18-13-5-10(14)7-16-9-13/h3-7,9,15H,2,8H2,1H3. The van der Waals surface area contributed by atoms with Gasteiger partial charge in [0.25, 0.3) is 0 Å². The Morgan fingerprint density at radius 3 is 2.94 bits per heavy atom. The van der Waals surface area contributed by atoms with Gasteiger partial charge in [0, 0.05) is 31.1 Å². The first kappa shape index (κ1) is 12.8. The SMILES string of the molecule is CCNCc1cc(Oc2cncc(Cl)c2)ccn1. The molecular weight excluding hydrogens is 250 g/mol. The zero-order chi connectivity index (χ0) is 12.8. The quantitative estimate of drug-likeness (QED) is 0.901. The van der Waals surface area contributed by atoms with Crippen molar-refractivity contribution in [3.8, 4) is 11.5 Å². The molecule has 0 atom stereocenters. The number of rotatable bonds is 5. The van der Waals surface area contributed by atoms with Gasteiger partial charge in [-0.3, -0.25) is 9.97 Å². The Labute approximate surface area is 111 Å². The number of hydrogen-bond donors (Lipinski definition) is 1. The fraction of sp³-hybridized carbons (Fsp3) is 0.231. The Kier molecular flexibility index (Phi) is 4.50. The van der Waals surface area contributed by atoms with Crippen LogP contribution in [0.2, 0.25) is 5.02 Å². The van der Waals surface area contributed by atoms with Crippen LogP contribution in [0.1, 0.15) is 12.6 Å². The molecule has 2 rings (SSSR count). The lowest BCUT2D eigenvalue weighted by Gasteiger charge is -2.07. The van der Waals surface area contributed by atoms with Gasteiger partial charge in [0.05, 0.1) is 16.9 Å². The van der Waals surface area contributed by atoms with Crippen molar-refractivity contribution in [1.29, 1.82) is 0 Å². The summed E-state index contributed by atoms with van der Waals surface area (Å²) in [5.74, 6) is 1.34. The lowest BCUT2D eigenvalue weighted by atomic mass is 10.3. The topological polar surface area (TPSA) is 47.0 Å². The van der Waals surface area contributed by atoms with Crippen molar-refractivity contribution in [3.63, 3.8) is 0 Å². The highest BCUT2D eigenvalue weighted by molar-refractivity contribution is 6.30. The van der Waals surface area contributed by atoms with Gasteiger partial charge in [-0.05, 0) is 12.6 Å². The molecule has 0 saturated heterocycles. The largest absolute Gasteiger partial charge is 0.456 e. The molecule has 2 aromatic rings. The summed E-state index contributed by atoms with van der Waals surface area (Å²) in [7, 11) is 0. The zero-order valence-corrected chi connectivity index (χ0v) is 10.8. The maximum atomic E-state index is 5.85. The first-order chi connectivity index (χ1) is 8.78. The second-order valence-electron chi connectivity index (χ2n) is 3.70. The number of nitrogens with one attached hydrogen (secondary N) is 1. The molecule has 2 aromatic heterocycles. The number of ether oxygens (including phenoxy) is 1. The van der Waals surface area contributed by atoms with Crippen molar-refractivity contribution < 1.29 is 4.74 Å². The molecule has 0 fully saturated rings. The van der Waals surface area contributed by atoms with E-state index < -0.39 is 0 Å². The van der Waals surface area contributed by atoms with Gasteiger partial charge >= 0.3 is 0 Å². The number of hydrogen-bond acceptors (Lipinski definition) is 4. The minimum absolute atomic E-state index is 0.550. The average Bonchev–Trinajstić information content (AvgIpc) is 2.37. The summed E-state index contributed by atoms with van der Waals surface area (Å²) < 4.78 is 5.67. The molecule has 94 valence electrons. The van der Waals surface area contributed by atoms with E-state index in [1.807, 2.05) is 6.07 Å². The van der Waals surface area contributed by atoms with E-state index >= 15 is 0 Å². The number of aromatic nitrogens is 2. The Morgan fingerprint density at radius 1 is 1.28 bits per heavy atom. The van der Waals surface area contributed by atoms with E-state index in [4.69, 9.17) is 16.3 Å². The van der Waals surface area contributed by atoms with Crippen molar-refractivity contribution in [2.45, 2.75) is 13.5 Å². The summed E-state index contributed by atoms with van der Waals surface area (Å²) in [5, 5.41) is 3.76. The number of pyridine rings is 2. The molecule has 0 unspecified atom stereocenters. The van der Waals surface area contributed by atoms with E-state index in [1.54, 1.807) is 30.7 Å². The summed E-state index contributed by atoms with van der Waals surface area (Å²) in [5.41, 5.74) is 0.935. The number of halogens is 1. The minimum Gasteiger partial charge on any atom is -0.456 e. The highest BCUT2D eigenvalue weighted by Crippen LogP contribution is 2.22. The summed E-state index contributed by atoms with van der Waals surface area (Å²) >= 11 is 5.85. The minimum atomic E-state index is 0.550. The van der Waals surface area contributed by atoms with E-state index in [-0.39, 0.29) is 0 Å². The average molecular weight is 264 g/mol. The third-order valence-corrected chi connectivity index (χ3v) is 2.47. The third kappa shape index (κ3) is 3.68. The van der Waals surface area contributed by atoms with Crippen LogP contribution in [0.3, 0.4) is 0 Å². The van der Waals surface area contributed by atoms with Crippen LogP contribution in [-0.4, -0.2) is 16.5 Å². The second kappa shape index (κ2) is 6.33. The first-order valence-corrected chi connectivity index (χ1v) is 6.10. The van der Waals surface area contributed by atoms with Crippen LogP contribution >= 0.6 is 11.6 Å². The van der Waals surface area contributed by atoms with Crippen LogP contribution in [0, 0.1) is 0 Å². The Hall–Kier alpha value is -1.65. The van der Waals surface area contributed by atoms with Crippen molar-refractivity contribution >= 4 is 11.6 Å². The Morgan fingerprint density at radius 2 is 2.17 bits per heavy atom. The molecule has 0 aliphatic carbocycles. The maximum Gasteiger partial charge on any atom is 0.147 e. The molecule has 0 radical (unpaired) electrons. The molecule has 0 aliphatic heterocycles. The molecule has 2 heterocycles. The van der Waals surface area contributed by atoms with Crippen LogP contribution < -0.4 is 10.1 Å². The fourth-order valence-corrected chi connectivity index (χ4v) is 1.62. The van der Waals surface area contributed by atoms with Gasteiger partial charge in [-0.15, -0.1) is 0 Å². The third-order valence-electron chi connectivity index (χ3n) is 2.26. The van der Waals surface area contributed by atoms with Gasteiger partial charge in [0.2, 0.25) is 0 Å². The molecule has 0 saturated carbocycles. The van der Waals surface area contributed by atoms with Crippen LogP contribution in [0.4, 0.5) is 0 Å².